The van der Waals surface area contributed by atoms with Gasteiger partial charge in [0.15, 0.2) is 0 Å². The summed E-state index contributed by atoms with van der Waals surface area (Å²) in [6.45, 7) is 4.69. The number of carbonyl (C=O) groups excluding carboxylic acids is 1. The molecule has 0 bridgehead atoms. The van der Waals surface area contributed by atoms with E-state index < -0.39 is 5.97 Å². The Bertz CT molecular complexity index is 363. The molecule has 0 radical (unpaired) electrons. The van der Waals surface area contributed by atoms with Crippen molar-refractivity contribution in [3.05, 3.63) is 0 Å². The summed E-state index contributed by atoms with van der Waals surface area (Å²) in [5, 5.41) is 11.9. The zero-order valence-corrected chi connectivity index (χ0v) is 12.9. The zero-order valence-electron chi connectivity index (χ0n) is 12.9. The number of hydrogen-bond donors (Lipinski definition) is 2. The van der Waals surface area contributed by atoms with Crippen LogP contribution in [-0.4, -0.2) is 65.2 Å². The fraction of sp³-hybridized carbons (Fsp3) is 0.867. The van der Waals surface area contributed by atoms with E-state index in [2.05, 4.69) is 17.1 Å². The molecule has 0 aromatic carbocycles. The van der Waals surface area contributed by atoms with E-state index in [0.29, 0.717) is 12.6 Å². The molecule has 2 aliphatic rings. The fourth-order valence-electron chi connectivity index (χ4n) is 3.38. The average Bonchev–Trinajstić information content (AvgIpc) is 3.13. The highest BCUT2D eigenvalue weighted by atomic mass is 16.4. The lowest BCUT2D eigenvalue weighted by molar-refractivity contribution is -0.138. The normalized spacial score (nSPS) is 21.4. The van der Waals surface area contributed by atoms with Crippen LogP contribution < -0.4 is 5.32 Å². The minimum absolute atomic E-state index is 0.0863. The quantitative estimate of drug-likeness (QED) is 0.779. The van der Waals surface area contributed by atoms with E-state index >= 15 is 0 Å². The van der Waals surface area contributed by atoms with E-state index in [1.165, 1.54) is 17.7 Å². The summed E-state index contributed by atoms with van der Waals surface area (Å²) in [6, 6.07) is 0.172. The van der Waals surface area contributed by atoms with Crippen molar-refractivity contribution in [1.82, 2.24) is 15.1 Å². The number of nitrogens with one attached hydrogen (secondary N) is 1. The summed E-state index contributed by atoms with van der Waals surface area (Å²) in [5.41, 5.74) is 0. The van der Waals surface area contributed by atoms with Gasteiger partial charge in [-0.2, -0.15) is 0 Å². The van der Waals surface area contributed by atoms with Crippen molar-refractivity contribution in [2.45, 2.75) is 57.5 Å². The van der Waals surface area contributed by atoms with Crippen molar-refractivity contribution in [1.29, 1.82) is 0 Å². The molecule has 1 heterocycles. The van der Waals surface area contributed by atoms with Crippen LogP contribution in [-0.2, 0) is 4.79 Å². The molecule has 1 aliphatic carbocycles. The highest BCUT2D eigenvalue weighted by molar-refractivity contribution is 5.80. The highest BCUT2D eigenvalue weighted by Crippen LogP contribution is 2.23. The van der Waals surface area contributed by atoms with Gasteiger partial charge in [-0.1, -0.05) is 12.8 Å². The third-order valence-corrected chi connectivity index (χ3v) is 4.64. The Labute approximate surface area is 126 Å². The van der Waals surface area contributed by atoms with Crippen LogP contribution in [0.4, 0.5) is 4.79 Å². The maximum absolute atomic E-state index is 12.3. The third-order valence-electron chi connectivity index (χ3n) is 4.64. The van der Waals surface area contributed by atoms with Gasteiger partial charge in [-0.15, -0.1) is 0 Å². The van der Waals surface area contributed by atoms with Crippen LogP contribution in [0.1, 0.15) is 45.4 Å². The van der Waals surface area contributed by atoms with E-state index in [0.717, 1.165) is 38.8 Å². The van der Waals surface area contributed by atoms with Gasteiger partial charge in [0, 0.05) is 18.6 Å². The van der Waals surface area contributed by atoms with Gasteiger partial charge in [0.1, 0.15) is 6.54 Å². The largest absolute Gasteiger partial charge is 0.480 e. The van der Waals surface area contributed by atoms with E-state index in [9.17, 15) is 9.59 Å². The van der Waals surface area contributed by atoms with Crippen LogP contribution in [0.5, 0.6) is 0 Å². The van der Waals surface area contributed by atoms with Gasteiger partial charge in [-0.25, -0.2) is 4.79 Å². The Balaban J connectivity index is 1.83. The van der Waals surface area contributed by atoms with E-state index in [-0.39, 0.29) is 18.6 Å². The first-order chi connectivity index (χ1) is 10.1. The number of rotatable bonds is 6. The Morgan fingerprint density at radius 1 is 1.24 bits per heavy atom. The van der Waals surface area contributed by atoms with Crippen molar-refractivity contribution >= 4 is 12.0 Å². The summed E-state index contributed by atoms with van der Waals surface area (Å²) in [7, 11) is 0. The molecule has 21 heavy (non-hydrogen) atoms. The predicted molar refractivity (Wildman–Crippen MR) is 80.3 cm³/mol. The molecule has 1 unspecified atom stereocenters. The zero-order chi connectivity index (χ0) is 15.2. The molecule has 6 nitrogen and oxygen atoms in total. The van der Waals surface area contributed by atoms with Crippen LogP contribution >= 0.6 is 0 Å². The molecule has 1 aliphatic heterocycles. The van der Waals surface area contributed by atoms with Gasteiger partial charge in [-0.05, 0) is 45.7 Å². The minimum atomic E-state index is -0.940. The van der Waals surface area contributed by atoms with Crippen molar-refractivity contribution in [2.75, 3.05) is 26.2 Å². The highest BCUT2D eigenvalue weighted by Gasteiger charge is 2.28. The minimum Gasteiger partial charge on any atom is -0.480 e. The summed E-state index contributed by atoms with van der Waals surface area (Å²) >= 11 is 0. The van der Waals surface area contributed by atoms with E-state index in [1.807, 2.05) is 0 Å². The van der Waals surface area contributed by atoms with Gasteiger partial charge in [0.2, 0.25) is 0 Å². The molecule has 0 aromatic heterocycles. The topological polar surface area (TPSA) is 72.9 Å². The number of carbonyl (C=O) groups is 2. The Kier molecular flexibility index (Phi) is 5.85. The molecule has 1 saturated heterocycles. The number of nitrogens with zero attached hydrogens (tertiary/aromatic N) is 2. The number of hydrogen-bond acceptors (Lipinski definition) is 3. The van der Waals surface area contributed by atoms with Crippen LogP contribution in [0.2, 0.25) is 0 Å². The van der Waals surface area contributed by atoms with E-state index in [1.54, 1.807) is 0 Å². The number of urea groups is 1. The standard InChI is InChI=1S/C15H27N3O3/c1-12(17-8-4-5-9-17)10-16-15(21)18(11-14(19)20)13-6-2-3-7-13/h12-13H,2-11H2,1H3,(H,16,21)(H,19,20). The van der Waals surface area contributed by atoms with Crippen molar-refractivity contribution in [2.24, 2.45) is 0 Å². The molecule has 1 atom stereocenters. The van der Waals surface area contributed by atoms with Gasteiger partial charge in [0.25, 0.3) is 0 Å². The predicted octanol–water partition coefficient (Wildman–Crippen LogP) is 1.51. The van der Waals surface area contributed by atoms with Crippen LogP contribution in [0, 0.1) is 0 Å². The Morgan fingerprint density at radius 2 is 1.86 bits per heavy atom. The molecule has 2 rings (SSSR count). The Morgan fingerprint density at radius 3 is 2.43 bits per heavy atom. The Hall–Kier alpha value is -1.30. The van der Waals surface area contributed by atoms with E-state index in [4.69, 9.17) is 5.11 Å². The smallest absolute Gasteiger partial charge is 0.323 e. The van der Waals surface area contributed by atoms with Crippen LogP contribution in [0.15, 0.2) is 0 Å². The number of carboxylic acid groups (broad SMARTS) is 1. The first kappa shape index (κ1) is 16.1. The molecular formula is C15H27N3O3. The van der Waals surface area contributed by atoms with Gasteiger partial charge in [-0.3, -0.25) is 9.69 Å². The lowest BCUT2D eigenvalue weighted by atomic mass is 10.2. The number of carboxylic acids is 1. The summed E-state index contributed by atoms with van der Waals surface area (Å²) in [4.78, 5) is 27.2. The number of amides is 2. The van der Waals surface area contributed by atoms with Crippen molar-refractivity contribution < 1.29 is 14.7 Å². The second kappa shape index (κ2) is 7.64. The molecule has 6 heteroatoms. The average molecular weight is 297 g/mol. The van der Waals surface area contributed by atoms with Crippen molar-refractivity contribution in [3.63, 3.8) is 0 Å². The van der Waals surface area contributed by atoms with Crippen LogP contribution in [0.25, 0.3) is 0 Å². The molecule has 120 valence electrons. The first-order valence-electron chi connectivity index (χ1n) is 8.08. The second-order valence-electron chi connectivity index (χ2n) is 6.24. The van der Waals surface area contributed by atoms with Gasteiger partial charge >= 0.3 is 12.0 Å². The van der Waals surface area contributed by atoms with Crippen molar-refractivity contribution in [3.8, 4) is 0 Å². The monoisotopic (exact) mass is 297 g/mol. The second-order valence-corrected chi connectivity index (χ2v) is 6.24. The fourth-order valence-corrected chi connectivity index (χ4v) is 3.38. The molecule has 2 amide bonds. The summed E-state index contributed by atoms with van der Waals surface area (Å²) in [5.74, 6) is -0.940. The third kappa shape index (κ3) is 4.59. The summed E-state index contributed by atoms with van der Waals surface area (Å²) in [6.07, 6.45) is 6.46. The van der Waals surface area contributed by atoms with Crippen LogP contribution in [0.3, 0.4) is 0 Å². The maximum Gasteiger partial charge on any atom is 0.323 e. The maximum atomic E-state index is 12.3. The molecule has 2 fully saturated rings. The van der Waals surface area contributed by atoms with Gasteiger partial charge in [0.05, 0.1) is 0 Å². The molecule has 2 N–H and O–H groups in total. The molecule has 1 saturated carbocycles. The molecule has 0 aromatic rings. The molecular weight excluding hydrogens is 270 g/mol. The summed E-state index contributed by atoms with van der Waals surface area (Å²) < 4.78 is 0. The first-order valence-corrected chi connectivity index (χ1v) is 8.08. The number of likely N-dealkylation sites (tertiary alicyclic amines) is 1. The SMILES string of the molecule is CC(CNC(=O)N(CC(=O)O)C1CCCC1)N1CCCC1. The van der Waals surface area contributed by atoms with Gasteiger partial charge < -0.3 is 15.3 Å². The lowest BCUT2D eigenvalue weighted by Gasteiger charge is -2.29. The lowest BCUT2D eigenvalue weighted by Crippen LogP contribution is -2.50. The molecule has 0 spiro atoms. The number of aliphatic carboxylic acids is 1.